The molecule has 0 aromatic heterocycles. The first-order chi connectivity index (χ1) is 17.3. The molecule has 36 heavy (non-hydrogen) atoms. The van der Waals surface area contributed by atoms with Gasteiger partial charge in [-0.2, -0.15) is 0 Å². The van der Waals surface area contributed by atoms with Crippen molar-refractivity contribution in [2.45, 2.75) is 91.9 Å². The number of benzene rings is 2. The summed E-state index contributed by atoms with van der Waals surface area (Å²) in [6.07, 6.45) is 3.42. The monoisotopic (exact) mass is 494 g/mol. The van der Waals surface area contributed by atoms with Gasteiger partial charge in [0.15, 0.2) is 0 Å². The first kappa shape index (κ1) is 27.9. The van der Waals surface area contributed by atoms with Crippen LogP contribution in [-0.2, 0) is 45.4 Å². The van der Waals surface area contributed by atoms with Crippen molar-refractivity contribution in [3.05, 3.63) is 70.8 Å². The molecule has 1 aliphatic carbocycles. The average Bonchev–Trinajstić information content (AvgIpc) is 2.88. The molecule has 2 unspecified atom stereocenters. The Kier molecular flexibility index (Phi) is 11.0. The van der Waals surface area contributed by atoms with Crippen LogP contribution < -0.4 is 10.6 Å². The third-order valence-corrected chi connectivity index (χ3v) is 6.70. The molecule has 1 aliphatic rings. The normalized spacial score (nSPS) is 17.8. The van der Waals surface area contributed by atoms with Crippen molar-refractivity contribution in [2.24, 2.45) is 11.8 Å². The van der Waals surface area contributed by atoms with Crippen molar-refractivity contribution >= 4 is 11.8 Å². The summed E-state index contributed by atoms with van der Waals surface area (Å²) in [5.74, 6) is -0.216. The Morgan fingerprint density at radius 3 is 1.50 bits per heavy atom. The molecule has 0 bridgehead atoms. The lowest BCUT2D eigenvalue weighted by Gasteiger charge is -2.28. The van der Waals surface area contributed by atoms with Crippen molar-refractivity contribution in [3.63, 3.8) is 0 Å². The molecular weight excluding hydrogens is 452 g/mol. The second kappa shape index (κ2) is 14.1. The molecule has 0 spiro atoms. The van der Waals surface area contributed by atoms with Gasteiger partial charge in [0.25, 0.3) is 0 Å². The Morgan fingerprint density at radius 2 is 1.11 bits per heavy atom. The minimum Gasteiger partial charge on any atom is -0.374 e. The van der Waals surface area contributed by atoms with E-state index in [1.54, 1.807) is 0 Å². The van der Waals surface area contributed by atoms with Crippen molar-refractivity contribution in [1.29, 1.82) is 0 Å². The molecule has 0 aliphatic heterocycles. The lowest BCUT2D eigenvalue weighted by Crippen LogP contribution is -2.38. The summed E-state index contributed by atoms with van der Waals surface area (Å²) in [6, 6.07) is 16.1. The molecule has 6 nitrogen and oxygen atoms in total. The van der Waals surface area contributed by atoms with E-state index in [0.717, 1.165) is 41.5 Å². The summed E-state index contributed by atoms with van der Waals surface area (Å²) < 4.78 is 11.5. The predicted octanol–water partition coefficient (Wildman–Crippen LogP) is 5.28. The zero-order chi connectivity index (χ0) is 25.9. The second-order valence-electron chi connectivity index (χ2n) is 10.3. The average molecular weight is 495 g/mol. The highest BCUT2D eigenvalue weighted by atomic mass is 16.5. The van der Waals surface area contributed by atoms with E-state index in [0.29, 0.717) is 32.7 Å². The zero-order valence-electron chi connectivity index (χ0n) is 22.2. The molecule has 2 aromatic rings. The van der Waals surface area contributed by atoms with Crippen LogP contribution in [0.15, 0.2) is 48.5 Å². The molecule has 0 heterocycles. The third-order valence-electron chi connectivity index (χ3n) is 6.70. The molecule has 196 valence electrons. The fourth-order valence-corrected chi connectivity index (χ4v) is 4.57. The van der Waals surface area contributed by atoms with Gasteiger partial charge in [0.05, 0.1) is 25.4 Å². The number of hydrogen-bond acceptors (Lipinski definition) is 4. The smallest absolute Gasteiger partial charge is 0.223 e. The number of amides is 2. The summed E-state index contributed by atoms with van der Waals surface area (Å²) in [6.45, 7) is 10.1. The Labute approximate surface area is 216 Å². The maximum Gasteiger partial charge on any atom is 0.223 e. The lowest BCUT2D eigenvalue weighted by molar-refractivity contribution is -0.130. The quantitative estimate of drug-likeness (QED) is 0.421. The number of nitrogens with one attached hydrogen (secondary N) is 2. The molecule has 2 amide bonds. The fraction of sp³-hybridized carbons (Fsp3) is 0.533. The molecule has 1 saturated carbocycles. The van der Waals surface area contributed by atoms with Crippen LogP contribution in [0.5, 0.6) is 0 Å². The summed E-state index contributed by atoms with van der Waals surface area (Å²) >= 11 is 0. The molecule has 6 heteroatoms. The maximum absolute atomic E-state index is 13.0. The topological polar surface area (TPSA) is 76.7 Å². The van der Waals surface area contributed by atoms with E-state index in [-0.39, 0.29) is 35.9 Å². The molecule has 2 N–H and O–H groups in total. The fourth-order valence-electron chi connectivity index (χ4n) is 4.57. The zero-order valence-corrected chi connectivity index (χ0v) is 22.2. The van der Waals surface area contributed by atoms with Gasteiger partial charge in [-0.3, -0.25) is 9.59 Å². The van der Waals surface area contributed by atoms with E-state index < -0.39 is 0 Å². The largest absolute Gasteiger partial charge is 0.374 e. The van der Waals surface area contributed by atoms with Crippen molar-refractivity contribution in [3.8, 4) is 0 Å². The molecule has 1 fully saturated rings. The van der Waals surface area contributed by atoms with Crippen molar-refractivity contribution < 1.29 is 19.1 Å². The number of rotatable bonds is 12. The van der Waals surface area contributed by atoms with Gasteiger partial charge in [-0.15, -0.1) is 0 Å². The molecule has 3 rings (SSSR count). The first-order valence-corrected chi connectivity index (χ1v) is 13.3. The van der Waals surface area contributed by atoms with Gasteiger partial charge in [0, 0.05) is 24.9 Å². The van der Waals surface area contributed by atoms with Crippen LogP contribution in [-0.4, -0.2) is 24.0 Å². The highest BCUT2D eigenvalue weighted by Crippen LogP contribution is 2.29. The van der Waals surface area contributed by atoms with E-state index in [1.807, 2.05) is 76.2 Å². The maximum atomic E-state index is 13.0. The van der Waals surface area contributed by atoms with Crippen LogP contribution in [0.2, 0.25) is 0 Å². The van der Waals surface area contributed by atoms with Crippen LogP contribution >= 0.6 is 0 Å². The Bertz CT molecular complexity index is 911. The summed E-state index contributed by atoms with van der Waals surface area (Å²) in [4.78, 5) is 26.0. The molecule has 2 atom stereocenters. The van der Waals surface area contributed by atoms with Crippen LogP contribution in [0, 0.1) is 11.8 Å². The van der Waals surface area contributed by atoms with Gasteiger partial charge >= 0.3 is 0 Å². The predicted molar refractivity (Wildman–Crippen MR) is 142 cm³/mol. The first-order valence-electron chi connectivity index (χ1n) is 13.3. The van der Waals surface area contributed by atoms with Gasteiger partial charge in [-0.25, -0.2) is 0 Å². The van der Waals surface area contributed by atoms with Crippen LogP contribution in [0.1, 0.15) is 75.6 Å². The van der Waals surface area contributed by atoms with E-state index in [9.17, 15) is 9.59 Å². The highest BCUT2D eigenvalue weighted by molar-refractivity contribution is 5.82. The van der Waals surface area contributed by atoms with Crippen molar-refractivity contribution in [2.75, 3.05) is 0 Å². The highest BCUT2D eigenvalue weighted by Gasteiger charge is 2.31. The Balaban J connectivity index is 1.50. The molecule has 0 saturated heterocycles. The number of ether oxygens (including phenoxy) is 2. The van der Waals surface area contributed by atoms with Gasteiger partial charge in [0.1, 0.15) is 0 Å². The van der Waals surface area contributed by atoms with Gasteiger partial charge in [-0.1, -0.05) is 55.0 Å². The van der Waals surface area contributed by atoms with Gasteiger partial charge in [0.2, 0.25) is 11.8 Å². The number of hydrogen-bond donors (Lipinski definition) is 2. The van der Waals surface area contributed by atoms with Crippen LogP contribution in [0.3, 0.4) is 0 Å². The van der Waals surface area contributed by atoms with Crippen molar-refractivity contribution in [1.82, 2.24) is 10.6 Å². The number of carbonyl (C=O) groups is 2. The molecule has 0 radical (unpaired) electrons. The van der Waals surface area contributed by atoms with E-state index >= 15 is 0 Å². The minimum absolute atomic E-state index is 0.0308. The molecular formula is C30H42N2O4. The van der Waals surface area contributed by atoms with Crippen LogP contribution in [0.25, 0.3) is 0 Å². The van der Waals surface area contributed by atoms with E-state index in [4.69, 9.17) is 9.47 Å². The van der Waals surface area contributed by atoms with Gasteiger partial charge < -0.3 is 20.1 Å². The van der Waals surface area contributed by atoms with Gasteiger partial charge in [-0.05, 0) is 69.2 Å². The summed E-state index contributed by atoms with van der Waals surface area (Å²) in [5, 5.41) is 6.21. The second-order valence-corrected chi connectivity index (χ2v) is 10.3. The minimum atomic E-state index is -0.139. The SMILES string of the molecule is CC(C)OCc1ccccc1CNC(=O)C1CCCC(C(=O)NCc2ccccc2COC(C)C)C1. The van der Waals surface area contributed by atoms with Crippen LogP contribution in [0.4, 0.5) is 0 Å². The Hall–Kier alpha value is -2.70. The Morgan fingerprint density at radius 1 is 0.722 bits per heavy atom. The summed E-state index contributed by atoms with van der Waals surface area (Å²) in [5.41, 5.74) is 4.31. The van der Waals surface area contributed by atoms with E-state index in [1.165, 1.54) is 0 Å². The number of carbonyl (C=O) groups excluding carboxylic acids is 2. The third kappa shape index (κ3) is 8.75. The standard InChI is InChI=1S/C30H42N2O4/c1-21(2)35-19-27-12-7-5-10-25(27)17-31-29(33)23-14-9-15-24(16-23)30(34)32-18-26-11-6-8-13-28(26)20-36-22(3)4/h5-8,10-13,21-24H,9,14-20H2,1-4H3,(H,31,33)(H,32,34). The van der Waals surface area contributed by atoms with E-state index in [2.05, 4.69) is 10.6 Å². The molecule has 2 aromatic carbocycles. The summed E-state index contributed by atoms with van der Waals surface area (Å²) in [7, 11) is 0. The lowest BCUT2D eigenvalue weighted by atomic mass is 9.80.